The third kappa shape index (κ3) is 2.82. The number of anilines is 1. The van der Waals surface area contributed by atoms with Crippen molar-refractivity contribution in [3.05, 3.63) is 99.6 Å². The lowest BCUT2D eigenvalue weighted by molar-refractivity contribution is -0.142. The molecule has 1 saturated heterocycles. The maximum Gasteiger partial charge on any atom is 0.244 e. The normalized spacial score (nSPS) is 24.0. The van der Waals surface area contributed by atoms with E-state index in [1.54, 1.807) is 0 Å². The fourth-order valence-electron chi connectivity index (χ4n) is 6.59. The minimum atomic E-state index is -0.460. The van der Waals surface area contributed by atoms with Crippen molar-refractivity contribution in [2.24, 2.45) is 11.8 Å². The predicted molar refractivity (Wildman–Crippen MR) is 130 cm³/mol. The number of aryl methyl sites for hydroxylation is 3. The molecule has 3 aliphatic carbocycles. The smallest absolute Gasteiger partial charge is 0.244 e. The highest BCUT2D eigenvalue weighted by Crippen LogP contribution is 2.60. The van der Waals surface area contributed by atoms with Crippen LogP contribution in [0.3, 0.4) is 0 Å². The molecule has 2 bridgehead atoms. The van der Waals surface area contributed by atoms with Crippen LogP contribution < -0.4 is 5.32 Å². The van der Waals surface area contributed by atoms with Crippen LogP contribution in [0, 0.1) is 32.6 Å². The Bertz CT molecular complexity index is 1250. The summed E-state index contributed by atoms with van der Waals surface area (Å²) in [5.41, 5.74) is 8.31. The first-order chi connectivity index (χ1) is 16.4. The first-order valence-corrected chi connectivity index (χ1v) is 11.8. The number of nitrogens with one attached hydrogen (secondary N) is 1. The van der Waals surface area contributed by atoms with Crippen LogP contribution in [0.5, 0.6) is 0 Å². The molecule has 7 rings (SSSR count). The molecule has 0 radical (unpaired) electrons. The molecule has 0 aromatic heterocycles. The zero-order valence-corrected chi connectivity index (χ0v) is 19.5. The highest BCUT2D eigenvalue weighted by atomic mass is 16.2. The van der Waals surface area contributed by atoms with Crippen LogP contribution in [0.25, 0.3) is 0 Å². The third-order valence-electron chi connectivity index (χ3n) is 7.78. The second-order valence-corrected chi connectivity index (χ2v) is 9.85. The lowest BCUT2D eigenvalue weighted by Crippen LogP contribution is -2.41. The van der Waals surface area contributed by atoms with Gasteiger partial charge in [-0.1, -0.05) is 66.2 Å². The zero-order valence-electron chi connectivity index (χ0n) is 19.5. The number of hydrogen-bond acceptors (Lipinski definition) is 3. The summed E-state index contributed by atoms with van der Waals surface area (Å²) < 4.78 is 0. The Balaban J connectivity index is 1.34. The van der Waals surface area contributed by atoms with Crippen LogP contribution in [-0.2, 0) is 14.4 Å². The topological polar surface area (TPSA) is 66.5 Å². The summed E-state index contributed by atoms with van der Waals surface area (Å²) in [6, 6.07) is 20.3. The van der Waals surface area contributed by atoms with E-state index in [0.717, 1.165) is 44.6 Å². The van der Waals surface area contributed by atoms with E-state index in [-0.39, 0.29) is 36.1 Å². The van der Waals surface area contributed by atoms with Gasteiger partial charge in [-0.3, -0.25) is 19.3 Å². The van der Waals surface area contributed by atoms with Gasteiger partial charge in [0.2, 0.25) is 17.7 Å². The highest BCUT2D eigenvalue weighted by Gasteiger charge is 2.61. The van der Waals surface area contributed by atoms with Crippen molar-refractivity contribution in [3.8, 4) is 0 Å². The Morgan fingerprint density at radius 2 is 1.18 bits per heavy atom. The monoisotopic (exact) mass is 450 g/mol. The Kier molecular flexibility index (Phi) is 4.53. The average molecular weight is 451 g/mol. The van der Waals surface area contributed by atoms with E-state index in [1.807, 2.05) is 57.2 Å². The number of imide groups is 1. The predicted octanol–water partition coefficient (Wildman–Crippen LogP) is 4.44. The summed E-state index contributed by atoms with van der Waals surface area (Å²) in [5, 5.41) is 2.94. The molecule has 5 heteroatoms. The van der Waals surface area contributed by atoms with Gasteiger partial charge in [-0.15, -0.1) is 0 Å². The van der Waals surface area contributed by atoms with Crippen molar-refractivity contribution in [2.45, 2.75) is 32.6 Å². The second-order valence-electron chi connectivity index (χ2n) is 9.85. The van der Waals surface area contributed by atoms with Crippen molar-refractivity contribution in [2.75, 3.05) is 11.9 Å². The van der Waals surface area contributed by atoms with Gasteiger partial charge in [0.25, 0.3) is 0 Å². The summed E-state index contributed by atoms with van der Waals surface area (Å²) in [6.07, 6.45) is 0. The van der Waals surface area contributed by atoms with Gasteiger partial charge in [-0.25, -0.2) is 0 Å². The van der Waals surface area contributed by atoms with Gasteiger partial charge in [0.05, 0.1) is 11.8 Å². The zero-order chi connectivity index (χ0) is 23.7. The first kappa shape index (κ1) is 20.8. The first-order valence-electron chi connectivity index (χ1n) is 11.8. The van der Waals surface area contributed by atoms with Crippen molar-refractivity contribution >= 4 is 23.4 Å². The quantitative estimate of drug-likeness (QED) is 0.600. The van der Waals surface area contributed by atoms with Gasteiger partial charge < -0.3 is 5.32 Å². The molecule has 1 N–H and O–H groups in total. The van der Waals surface area contributed by atoms with Gasteiger partial charge >= 0.3 is 0 Å². The lowest BCUT2D eigenvalue weighted by atomic mass is 9.55. The number of carbonyl (C=O) groups excluding carboxylic acids is 3. The van der Waals surface area contributed by atoms with Crippen molar-refractivity contribution in [1.82, 2.24) is 4.90 Å². The molecule has 0 spiro atoms. The van der Waals surface area contributed by atoms with E-state index in [0.29, 0.717) is 0 Å². The molecule has 0 unspecified atom stereocenters. The fraction of sp³-hybridized carbons (Fsp3) is 0.276. The molecular weight excluding hydrogens is 424 g/mol. The molecular formula is C29H26N2O3. The minimum absolute atomic E-state index is 0.159. The molecule has 4 aliphatic rings. The number of amides is 3. The second kappa shape index (κ2) is 7.39. The van der Waals surface area contributed by atoms with Gasteiger partial charge in [0.1, 0.15) is 6.54 Å². The van der Waals surface area contributed by atoms with Crippen LogP contribution in [0.1, 0.15) is 50.8 Å². The highest BCUT2D eigenvalue weighted by molar-refractivity contribution is 6.10. The molecule has 1 fully saturated rings. The number of likely N-dealkylation sites (tertiary alicyclic amines) is 1. The minimum Gasteiger partial charge on any atom is -0.324 e. The maximum atomic E-state index is 13.7. The molecule has 170 valence electrons. The molecule has 2 atom stereocenters. The number of rotatable bonds is 3. The number of nitrogens with zero attached hydrogens (tertiary/aromatic N) is 1. The Morgan fingerprint density at radius 1 is 0.765 bits per heavy atom. The maximum absolute atomic E-state index is 13.7. The summed E-state index contributed by atoms with van der Waals surface area (Å²) in [5.74, 6) is -2.06. The van der Waals surface area contributed by atoms with E-state index < -0.39 is 11.8 Å². The fourth-order valence-corrected chi connectivity index (χ4v) is 6.59. The van der Waals surface area contributed by atoms with Crippen molar-refractivity contribution in [3.63, 3.8) is 0 Å². The molecule has 3 amide bonds. The largest absolute Gasteiger partial charge is 0.324 e. The van der Waals surface area contributed by atoms with Crippen LogP contribution >= 0.6 is 0 Å². The molecule has 34 heavy (non-hydrogen) atoms. The van der Waals surface area contributed by atoms with E-state index in [9.17, 15) is 14.4 Å². The van der Waals surface area contributed by atoms with E-state index in [1.165, 1.54) is 4.90 Å². The Hall–Kier alpha value is -3.73. The van der Waals surface area contributed by atoms with Crippen LogP contribution in [0.2, 0.25) is 0 Å². The molecule has 0 saturated carbocycles. The average Bonchev–Trinajstić information content (AvgIpc) is 3.07. The molecule has 3 aromatic carbocycles. The number of carbonyl (C=O) groups is 3. The molecule has 1 aliphatic heterocycles. The van der Waals surface area contributed by atoms with E-state index in [2.05, 4.69) is 29.6 Å². The van der Waals surface area contributed by atoms with Gasteiger partial charge in [0, 0.05) is 17.5 Å². The number of benzene rings is 3. The molecule has 3 aromatic rings. The lowest BCUT2D eigenvalue weighted by Gasteiger charge is -2.45. The van der Waals surface area contributed by atoms with Crippen LogP contribution in [0.4, 0.5) is 5.69 Å². The summed E-state index contributed by atoms with van der Waals surface area (Å²) in [6.45, 7) is 5.65. The Morgan fingerprint density at radius 3 is 1.59 bits per heavy atom. The van der Waals surface area contributed by atoms with Crippen LogP contribution in [0.15, 0.2) is 60.7 Å². The van der Waals surface area contributed by atoms with E-state index >= 15 is 0 Å². The summed E-state index contributed by atoms with van der Waals surface area (Å²) in [4.78, 5) is 41.5. The third-order valence-corrected chi connectivity index (χ3v) is 7.78. The van der Waals surface area contributed by atoms with Crippen LogP contribution in [-0.4, -0.2) is 29.2 Å². The van der Waals surface area contributed by atoms with Crippen molar-refractivity contribution in [1.29, 1.82) is 0 Å². The standard InChI is InChI=1S/C29H26N2O3/c1-15-12-16(2)27(17(3)13-15)30-22(32)14-31-28(33)25-23-18-8-4-5-9-19(18)24(26(25)29(31)34)21-11-7-6-10-20(21)23/h4-13,23-26H,14H2,1-3H3,(H,30,32)/t23?,24?,25-,26-/m0/s1. The van der Waals surface area contributed by atoms with Gasteiger partial charge in [-0.2, -0.15) is 0 Å². The van der Waals surface area contributed by atoms with E-state index in [4.69, 9.17) is 0 Å². The van der Waals surface area contributed by atoms with Gasteiger partial charge in [-0.05, 0) is 54.2 Å². The molecule has 1 heterocycles. The van der Waals surface area contributed by atoms with Gasteiger partial charge in [0.15, 0.2) is 0 Å². The number of hydrogen-bond donors (Lipinski definition) is 1. The summed E-state index contributed by atoms with van der Waals surface area (Å²) >= 11 is 0. The summed E-state index contributed by atoms with van der Waals surface area (Å²) in [7, 11) is 0. The Labute approximate surface area is 198 Å². The van der Waals surface area contributed by atoms with Crippen molar-refractivity contribution < 1.29 is 14.4 Å². The SMILES string of the molecule is Cc1cc(C)c(NC(=O)CN2C(=O)[C@H]3C4c5ccccc5C(c5ccccc54)[C@@H]3C2=O)c(C)c1. The molecule has 5 nitrogen and oxygen atoms in total.